The Labute approximate surface area is 162 Å². The Bertz CT molecular complexity index is 1100. The second-order valence-corrected chi connectivity index (χ2v) is 7.17. The molecule has 28 heavy (non-hydrogen) atoms. The smallest absolute Gasteiger partial charge is 0.311 e. The molecule has 2 aromatic heterocycles. The lowest BCUT2D eigenvalue weighted by Gasteiger charge is -2.12. The number of fused-ring (bicyclic) bond motifs is 2. The summed E-state index contributed by atoms with van der Waals surface area (Å²) in [6.07, 6.45) is 5.57. The van der Waals surface area contributed by atoms with Gasteiger partial charge in [0.1, 0.15) is 12.1 Å². The number of nitrogens with two attached hydrogens (primary N) is 1. The summed E-state index contributed by atoms with van der Waals surface area (Å²) in [5.41, 5.74) is 11.1. The van der Waals surface area contributed by atoms with E-state index in [1.807, 2.05) is 32.0 Å². The first kappa shape index (κ1) is 18.2. The van der Waals surface area contributed by atoms with Gasteiger partial charge in [-0.05, 0) is 68.4 Å². The number of hydrogen-bond donors (Lipinski definition) is 1. The third kappa shape index (κ3) is 3.24. The highest BCUT2D eigenvalue weighted by Crippen LogP contribution is 2.26. The van der Waals surface area contributed by atoms with Crippen molar-refractivity contribution in [1.82, 2.24) is 14.4 Å². The maximum Gasteiger partial charge on any atom is 0.311 e. The Morgan fingerprint density at radius 3 is 2.79 bits per heavy atom. The van der Waals surface area contributed by atoms with Crippen molar-refractivity contribution in [2.75, 3.05) is 0 Å². The number of hydrogen-bond acceptors (Lipinski definition) is 5. The molecule has 4 rings (SSSR count). The Balaban J connectivity index is 1.49. The minimum atomic E-state index is -0.612. The van der Waals surface area contributed by atoms with Crippen LogP contribution in [0.15, 0.2) is 24.5 Å². The molecule has 1 aliphatic rings. The molecule has 0 atom stereocenters. The Hall–Kier alpha value is -3.22. The summed E-state index contributed by atoms with van der Waals surface area (Å²) in [6, 6.07) is 5.89. The Morgan fingerprint density at radius 2 is 2.00 bits per heavy atom. The molecule has 1 amide bonds. The predicted molar refractivity (Wildman–Crippen MR) is 103 cm³/mol. The summed E-state index contributed by atoms with van der Waals surface area (Å²) in [6.45, 7) is 3.77. The molecule has 7 heteroatoms. The number of ether oxygens (including phenoxy) is 1. The Kier molecular flexibility index (Phi) is 4.58. The SMILES string of the molecule is Cc1nc2c(C(N)=O)ncn2c(C)c1CCC(=O)Oc1ccc2c(c1)CCC2. The van der Waals surface area contributed by atoms with Crippen molar-refractivity contribution in [2.24, 2.45) is 5.73 Å². The van der Waals surface area contributed by atoms with Gasteiger partial charge < -0.3 is 10.5 Å². The number of esters is 1. The summed E-state index contributed by atoms with van der Waals surface area (Å²) in [7, 11) is 0. The van der Waals surface area contributed by atoms with Crippen LogP contribution in [-0.4, -0.2) is 26.2 Å². The molecule has 7 nitrogen and oxygen atoms in total. The summed E-state index contributed by atoms with van der Waals surface area (Å²) in [4.78, 5) is 32.3. The van der Waals surface area contributed by atoms with Crippen LogP contribution >= 0.6 is 0 Å². The quantitative estimate of drug-likeness (QED) is 0.543. The van der Waals surface area contributed by atoms with Crippen molar-refractivity contribution in [1.29, 1.82) is 0 Å². The number of rotatable bonds is 5. The van der Waals surface area contributed by atoms with Gasteiger partial charge in [-0.2, -0.15) is 0 Å². The molecule has 0 fully saturated rings. The summed E-state index contributed by atoms with van der Waals surface area (Å²) < 4.78 is 7.25. The lowest BCUT2D eigenvalue weighted by Crippen LogP contribution is -2.14. The molecule has 1 aromatic carbocycles. The van der Waals surface area contributed by atoms with Gasteiger partial charge in [0.25, 0.3) is 5.91 Å². The number of primary amides is 1. The van der Waals surface area contributed by atoms with Crippen LogP contribution in [0.25, 0.3) is 5.65 Å². The van der Waals surface area contributed by atoms with Gasteiger partial charge in [0.05, 0.1) is 6.42 Å². The van der Waals surface area contributed by atoms with Crippen molar-refractivity contribution in [3.8, 4) is 5.75 Å². The molecule has 1 aliphatic carbocycles. The van der Waals surface area contributed by atoms with Crippen molar-refractivity contribution >= 4 is 17.5 Å². The van der Waals surface area contributed by atoms with Crippen LogP contribution in [0.5, 0.6) is 5.75 Å². The lowest BCUT2D eigenvalue weighted by atomic mass is 10.1. The van der Waals surface area contributed by atoms with E-state index in [0.29, 0.717) is 17.8 Å². The van der Waals surface area contributed by atoms with Crippen LogP contribution in [0.1, 0.15) is 51.4 Å². The van der Waals surface area contributed by atoms with Crippen LogP contribution in [0.2, 0.25) is 0 Å². The molecule has 0 aliphatic heterocycles. The summed E-state index contributed by atoms with van der Waals surface area (Å²) >= 11 is 0. The van der Waals surface area contributed by atoms with Gasteiger partial charge in [-0.3, -0.25) is 14.0 Å². The normalized spacial score (nSPS) is 12.9. The molecule has 2 N–H and O–H groups in total. The van der Waals surface area contributed by atoms with Crippen molar-refractivity contribution in [2.45, 2.75) is 46.0 Å². The van der Waals surface area contributed by atoms with Crippen LogP contribution in [0.3, 0.4) is 0 Å². The predicted octanol–water partition coefficient (Wildman–Crippen LogP) is 2.47. The molecule has 0 radical (unpaired) electrons. The Morgan fingerprint density at radius 1 is 1.21 bits per heavy atom. The van der Waals surface area contributed by atoms with E-state index in [9.17, 15) is 9.59 Å². The number of amides is 1. The van der Waals surface area contributed by atoms with E-state index in [0.717, 1.165) is 36.2 Å². The molecular weight excluding hydrogens is 356 g/mol. The summed E-state index contributed by atoms with van der Waals surface area (Å²) in [5.74, 6) is -0.284. The second kappa shape index (κ2) is 7.07. The standard InChI is InChI=1S/C21H22N4O3/c1-12-17(13(2)25-11-23-19(20(22)27)21(25)24-12)8-9-18(26)28-16-7-6-14-4-3-5-15(14)10-16/h6-7,10-11H,3-5,8-9H2,1-2H3,(H2,22,27). The zero-order valence-corrected chi connectivity index (χ0v) is 16.0. The fraction of sp³-hybridized carbons (Fsp3) is 0.333. The first-order chi connectivity index (χ1) is 13.4. The number of imidazole rings is 1. The van der Waals surface area contributed by atoms with Crippen molar-refractivity contribution in [3.63, 3.8) is 0 Å². The highest BCUT2D eigenvalue weighted by molar-refractivity contribution is 5.96. The molecule has 2 heterocycles. The molecule has 0 saturated heterocycles. The number of benzene rings is 1. The highest BCUT2D eigenvalue weighted by atomic mass is 16.5. The van der Waals surface area contributed by atoms with E-state index < -0.39 is 5.91 Å². The molecule has 0 spiro atoms. The maximum atomic E-state index is 12.3. The molecule has 0 saturated carbocycles. The summed E-state index contributed by atoms with van der Waals surface area (Å²) in [5, 5.41) is 0. The third-order valence-electron chi connectivity index (χ3n) is 5.36. The third-order valence-corrected chi connectivity index (χ3v) is 5.36. The van der Waals surface area contributed by atoms with Crippen molar-refractivity contribution in [3.05, 3.63) is 58.3 Å². The zero-order chi connectivity index (χ0) is 19.8. The number of nitrogens with zero attached hydrogens (tertiary/aromatic N) is 3. The second-order valence-electron chi connectivity index (χ2n) is 7.17. The largest absolute Gasteiger partial charge is 0.427 e. The average molecular weight is 378 g/mol. The van der Waals surface area contributed by atoms with Crippen LogP contribution < -0.4 is 10.5 Å². The van der Waals surface area contributed by atoms with Crippen molar-refractivity contribution < 1.29 is 14.3 Å². The van der Waals surface area contributed by atoms with E-state index in [4.69, 9.17) is 10.5 Å². The number of carbonyl (C=O) groups excluding carboxylic acids is 2. The fourth-order valence-electron chi connectivity index (χ4n) is 3.88. The van der Waals surface area contributed by atoms with E-state index in [1.165, 1.54) is 17.5 Å². The molecule has 3 aromatic rings. The first-order valence-corrected chi connectivity index (χ1v) is 9.39. The van der Waals surface area contributed by atoms with Gasteiger partial charge in [0.15, 0.2) is 11.3 Å². The van der Waals surface area contributed by atoms with Gasteiger partial charge in [0, 0.05) is 11.4 Å². The van der Waals surface area contributed by atoms with Gasteiger partial charge in [0.2, 0.25) is 0 Å². The number of carbonyl (C=O) groups is 2. The minimum Gasteiger partial charge on any atom is -0.427 e. The molecule has 0 unspecified atom stereocenters. The van der Waals surface area contributed by atoms with E-state index in [1.54, 1.807) is 4.40 Å². The first-order valence-electron chi connectivity index (χ1n) is 9.39. The van der Waals surface area contributed by atoms with Gasteiger partial charge in [-0.25, -0.2) is 9.97 Å². The van der Waals surface area contributed by atoms with Gasteiger partial charge >= 0.3 is 5.97 Å². The van der Waals surface area contributed by atoms with Gasteiger partial charge in [-0.15, -0.1) is 0 Å². The molecule has 0 bridgehead atoms. The zero-order valence-electron chi connectivity index (χ0n) is 16.0. The van der Waals surface area contributed by atoms with E-state index in [-0.39, 0.29) is 18.1 Å². The number of aryl methyl sites for hydroxylation is 4. The van der Waals surface area contributed by atoms with Crippen LogP contribution in [-0.2, 0) is 24.1 Å². The lowest BCUT2D eigenvalue weighted by molar-refractivity contribution is -0.134. The van der Waals surface area contributed by atoms with Crippen LogP contribution in [0.4, 0.5) is 0 Å². The number of aromatic nitrogens is 3. The molecular formula is C21H22N4O3. The highest BCUT2D eigenvalue weighted by Gasteiger charge is 2.18. The average Bonchev–Trinajstić information content (AvgIpc) is 3.27. The van der Waals surface area contributed by atoms with Gasteiger partial charge in [-0.1, -0.05) is 6.07 Å². The van der Waals surface area contributed by atoms with Crippen LogP contribution in [0, 0.1) is 13.8 Å². The minimum absolute atomic E-state index is 0.147. The fourth-order valence-corrected chi connectivity index (χ4v) is 3.88. The maximum absolute atomic E-state index is 12.3. The molecule has 144 valence electrons. The monoisotopic (exact) mass is 378 g/mol. The topological polar surface area (TPSA) is 99.6 Å². The van der Waals surface area contributed by atoms with E-state index >= 15 is 0 Å². The van der Waals surface area contributed by atoms with E-state index in [2.05, 4.69) is 9.97 Å².